The standard InChI is InChI=1S/C13H27NO5.C2H6/c1-5-16-8-9-18-11-10-17-7-6-14-12(15)19-13(2,3)4;1-2/h5-11H2,1-4H3,(H,14,15);1-2H3. The molecule has 0 heterocycles. The Labute approximate surface area is 129 Å². The molecular weight excluding hydrogens is 274 g/mol. The van der Waals surface area contributed by atoms with Crippen LogP contribution in [0.2, 0.25) is 0 Å². The number of rotatable bonds is 10. The first-order valence-corrected chi connectivity index (χ1v) is 7.66. The molecule has 0 bridgehead atoms. The molecule has 0 unspecified atom stereocenters. The average Bonchev–Trinajstić information content (AvgIpc) is 2.41. The van der Waals surface area contributed by atoms with Crippen molar-refractivity contribution in [3.05, 3.63) is 0 Å². The Morgan fingerprint density at radius 2 is 1.38 bits per heavy atom. The van der Waals surface area contributed by atoms with Crippen molar-refractivity contribution in [2.75, 3.05) is 46.2 Å². The molecule has 0 saturated carbocycles. The minimum absolute atomic E-state index is 0.424. The Balaban J connectivity index is 0. The predicted octanol–water partition coefficient (Wildman–Crippen LogP) is 2.61. The fourth-order valence-electron chi connectivity index (χ4n) is 1.12. The van der Waals surface area contributed by atoms with E-state index in [0.717, 1.165) is 0 Å². The van der Waals surface area contributed by atoms with Gasteiger partial charge in [-0.2, -0.15) is 0 Å². The number of carbonyl (C=O) groups excluding carboxylic acids is 1. The Hall–Kier alpha value is -0.850. The summed E-state index contributed by atoms with van der Waals surface area (Å²) < 4.78 is 20.7. The SMILES string of the molecule is CC.CCOCCOCCOCCNC(=O)OC(C)(C)C. The molecule has 6 nitrogen and oxygen atoms in total. The molecular formula is C15H33NO5. The molecule has 128 valence electrons. The summed E-state index contributed by atoms with van der Waals surface area (Å²) >= 11 is 0. The molecule has 0 spiro atoms. The van der Waals surface area contributed by atoms with Crippen LogP contribution in [0.15, 0.2) is 0 Å². The minimum atomic E-state index is -0.473. The molecule has 0 aromatic heterocycles. The van der Waals surface area contributed by atoms with Gasteiger partial charge in [-0.3, -0.25) is 0 Å². The van der Waals surface area contributed by atoms with Crippen molar-refractivity contribution in [1.29, 1.82) is 0 Å². The molecule has 0 aromatic carbocycles. The van der Waals surface area contributed by atoms with Crippen LogP contribution in [0.5, 0.6) is 0 Å². The second-order valence-electron chi connectivity index (χ2n) is 4.85. The topological polar surface area (TPSA) is 66.0 Å². The zero-order valence-electron chi connectivity index (χ0n) is 14.5. The number of amides is 1. The summed E-state index contributed by atoms with van der Waals surface area (Å²) in [6, 6.07) is 0. The number of alkyl carbamates (subject to hydrolysis) is 1. The molecule has 0 aliphatic carbocycles. The van der Waals surface area contributed by atoms with Gasteiger partial charge in [0.2, 0.25) is 0 Å². The van der Waals surface area contributed by atoms with Gasteiger partial charge in [0.1, 0.15) is 5.60 Å². The van der Waals surface area contributed by atoms with Crippen LogP contribution in [0.4, 0.5) is 4.79 Å². The molecule has 0 aliphatic rings. The second-order valence-corrected chi connectivity index (χ2v) is 4.85. The van der Waals surface area contributed by atoms with E-state index >= 15 is 0 Å². The molecule has 0 aliphatic heterocycles. The van der Waals surface area contributed by atoms with Gasteiger partial charge in [0, 0.05) is 13.2 Å². The zero-order chi connectivity index (χ0) is 16.6. The quantitative estimate of drug-likeness (QED) is 0.628. The third kappa shape index (κ3) is 21.6. The van der Waals surface area contributed by atoms with Gasteiger partial charge in [-0.05, 0) is 27.7 Å². The molecule has 0 saturated heterocycles. The minimum Gasteiger partial charge on any atom is -0.444 e. The first kappa shape index (κ1) is 22.4. The van der Waals surface area contributed by atoms with Gasteiger partial charge in [0.15, 0.2) is 0 Å². The third-order valence-corrected chi connectivity index (χ3v) is 1.86. The monoisotopic (exact) mass is 307 g/mol. The second kappa shape index (κ2) is 15.5. The van der Waals surface area contributed by atoms with Crippen LogP contribution in [0.25, 0.3) is 0 Å². The summed E-state index contributed by atoms with van der Waals surface area (Å²) in [5.74, 6) is 0. The van der Waals surface area contributed by atoms with Crippen LogP contribution >= 0.6 is 0 Å². The van der Waals surface area contributed by atoms with Gasteiger partial charge < -0.3 is 24.3 Å². The third-order valence-electron chi connectivity index (χ3n) is 1.86. The largest absolute Gasteiger partial charge is 0.444 e. The van der Waals surface area contributed by atoms with Crippen molar-refractivity contribution in [2.45, 2.75) is 47.1 Å². The lowest BCUT2D eigenvalue weighted by Gasteiger charge is -2.19. The first-order chi connectivity index (χ1) is 9.95. The van der Waals surface area contributed by atoms with E-state index in [2.05, 4.69) is 5.32 Å². The highest BCUT2D eigenvalue weighted by Gasteiger charge is 2.15. The van der Waals surface area contributed by atoms with Gasteiger partial charge in [0.25, 0.3) is 0 Å². The lowest BCUT2D eigenvalue weighted by molar-refractivity contribution is 0.0162. The number of nitrogens with one attached hydrogen (secondary N) is 1. The molecule has 21 heavy (non-hydrogen) atoms. The highest BCUT2D eigenvalue weighted by atomic mass is 16.6. The Morgan fingerprint density at radius 1 is 0.905 bits per heavy atom. The number of ether oxygens (including phenoxy) is 4. The molecule has 0 radical (unpaired) electrons. The van der Waals surface area contributed by atoms with E-state index in [9.17, 15) is 4.79 Å². The van der Waals surface area contributed by atoms with E-state index in [-0.39, 0.29) is 0 Å². The summed E-state index contributed by atoms with van der Waals surface area (Å²) in [7, 11) is 0. The molecule has 1 N–H and O–H groups in total. The zero-order valence-corrected chi connectivity index (χ0v) is 14.5. The van der Waals surface area contributed by atoms with Crippen LogP contribution in [0, 0.1) is 0 Å². The van der Waals surface area contributed by atoms with Crippen molar-refractivity contribution in [1.82, 2.24) is 5.32 Å². The molecule has 0 aromatic rings. The van der Waals surface area contributed by atoms with Crippen LogP contribution in [0.1, 0.15) is 41.5 Å². The molecule has 6 heteroatoms. The molecule has 1 amide bonds. The summed E-state index contributed by atoms with van der Waals surface area (Å²) in [6.45, 7) is 15.2. The van der Waals surface area contributed by atoms with E-state index in [4.69, 9.17) is 18.9 Å². The smallest absolute Gasteiger partial charge is 0.407 e. The van der Waals surface area contributed by atoms with Gasteiger partial charge in [-0.25, -0.2) is 4.79 Å². The average molecular weight is 307 g/mol. The van der Waals surface area contributed by atoms with E-state index in [1.165, 1.54) is 0 Å². The van der Waals surface area contributed by atoms with Crippen LogP contribution in [-0.4, -0.2) is 57.9 Å². The molecule has 0 fully saturated rings. The summed E-state index contributed by atoms with van der Waals surface area (Å²) in [6.07, 6.45) is -0.427. The highest BCUT2D eigenvalue weighted by Crippen LogP contribution is 2.05. The van der Waals surface area contributed by atoms with Gasteiger partial charge in [-0.1, -0.05) is 13.8 Å². The Kier molecular flexibility index (Phi) is 16.6. The Morgan fingerprint density at radius 3 is 1.86 bits per heavy atom. The van der Waals surface area contributed by atoms with Crippen molar-refractivity contribution in [3.63, 3.8) is 0 Å². The van der Waals surface area contributed by atoms with E-state index < -0.39 is 11.7 Å². The normalized spacial score (nSPS) is 10.6. The van der Waals surface area contributed by atoms with Crippen molar-refractivity contribution >= 4 is 6.09 Å². The van der Waals surface area contributed by atoms with Crippen LogP contribution in [0.3, 0.4) is 0 Å². The van der Waals surface area contributed by atoms with Crippen molar-refractivity contribution in [3.8, 4) is 0 Å². The van der Waals surface area contributed by atoms with Gasteiger partial charge >= 0.3 is 6.09 Å². The lowest BCUT2D eigenvalue weighted by atomic mass is 10.2. The maximum absolute atomic E-state index is 11.3. The van der Waals surface area contributed by atoms with Crippen LogP contribution < -0.4 is 5.32 Å². The van der Waals surface area contributed by atoms with E-state index in [1.807, 2.05) is 41.5 Å². The van der Waals surface area contributed by atoms with Gasteiger partial charge in [-0.15, -0.1) is 0 Å². The molecule has 0 rings (SSSR count). The number of carbonyl (C=O) groups is 1. The lowest BCUT2D eigenvalue weighted by Crippen LogP contribution is -2.34. The van der Waals surface area contributed by atoms with Gasteiger partial charge in [0.05, 0.1) is 33.0 Å². The van der Waals surface area contributed by atoms with E-state index in [0.29, 0.717) is 46.2 Å². The van der Waals surface area contributed by atoms with Crippen LogP contribution in [-0.2, 0) is 18.9 Å². The maximum Gasteiger partial charge on any atom is 0.407 e. The summed E-state index contributed by atoms with van der Waals surface area (Å²) in [5, 5.41) is 2.61. The maximum atomic E-state index is 11.3. The summed E-state index contributed by atoms with van der Waals surface area (Å²) in [5.41, 5.74) is -0.473. The molecule has 0 atom stereocenters. The Bertz CT molecular complexity index is 229. The fraction of sp³-hybridized carbons (Fsp3) is 0.933. The van der Waals surface area contributed by atoms with Crippen molar-refractivity contribution < 1.29 is 23.7 Å². The predicted molar refractivity (Wildman–Crippen MR) is 83.7 cm³/mol. The number of hydrogen-bond acceptors (Lipinski definition) is 5. The highest BCUT2D eigenvalue weighted by molar-refractivity contribution is 5.67. The van der Waals surface area contributed by atoms with E-state index in [1.54, 1.807) is 0 Å². The fourth-order valence-corrected chi connectivity index (χ4v) is 1.12. The van der Waals surface area contributed by atoms with Crippen molar-refractivity contribution in [2.24, 2.45) is 0 Å². The number of hydrogen-bond donors (Lipinski definition) is 1. The summed E-state index contributed by atoms with van der Waals surface area (Å²) in [4.78, 5) is 11.3. The first-order valence-electron chi connectivity index (χ1n) is 7.66.